The van der Waals surface area contributed by atoms with E-state index in [9.17, 15) is 18.5 Å². The average molecular weight is 463 g/mol. The van der Waals surface area contributed by atoms with Crippen molar-refractivity contribution < 1.29 is 22.9 Å². The first-order valence-electron chi connectivity index (χ1n) is 10.1. The minimum Gasteiger partial charge on any atom is -0.436 e. The fraction of sp³-hybridized carbons (Fsp3) is 0.0870. The molecular weight excluding hydrogens is 441 g/mol. The molecule has 0 bridgehead atoms. The van der Waals surface area contributed by atoms with Crippen LogP contribution < -0.4 is 15.1 Å². The quantitative estimate of drug-likeness (QED) is 0.361. The number of sulfonamides is 1. The molecule has 1 aromatic heterocycles. The van der Waals surface area contributed by atoms with Gasteiger partial charge in [0.25, 0.3) is 10.0 Å². The van der Waals surface area contributed by atoms with Gasteiger partial charge < -0.3 is 19.4 Å². The molecule has 0 aliphatic rings. The summed E-state index contributed by atoms with van der Waals surface area (Å²) in [6, 6.07) is 19.9. The Labute approximate surface area is 192 Å². The maximum atomic E-state index is 12.7. The van der Waals surface area contributed by atoms with Gasteiger partial charge in [0.15, 0.2) is 5.76 Å². The summed E-state index contributed by atoms with van der Waals surface area (Å²) in [7, 11) is -1.62. The van der Waals surface area contributed by atoms with Crippen LogP contribution in [0.5, 0.6) is 0 Å². The van der Waals surface area contributed by atoms with E-state index in [4.69, 9.17) is 4.42 Å². The summed E-state index contributed by atoms with van der Waals surface area (Å²) >= 11 is 0. The molecule has 0 aliphatic carbocycles. The molecule has 4 rings (SSSR count). The summed E-state index contributed by atoms with van der Waals surface area (Å²) in [5.41, 5.74) is 3.00. The van der Waals surface area contributed by atoms with Crippen molar-refractivity contribution in [3.63, 3.8) is 0 Å². The lowest BCUT2D eigenvalue weighted by Crippen LogP contribution is -2.30. The predicted octanol–water partition coefficient (Wildman–Crippen LogP) is 2.56. The van der Waals surface area contributed by atoms with Crippen molar-refractivity contribution >= 4 is 34.0 Å². The van der Waals surface area contributed by atoms with Crippen molar-refractivity contribution in [3.8, 4) is 22.8 Å². The highest BCUT2D eigenvalue weighted by Crippen LogP contribution is 2.28. The summed E-state index contributed by atoms with van der Waals surface area (Å²) in [5, 5.41) is 18.5. The van der Waals surface area contributed by atoms with Crippen molar-refractivity contribution in [2.24, 2.45) is 0 Å². The molecule has 8 nitrogen and oxygen atoms in total. The molecule has 3 N–H and O–H groups in total. The highest BCUT2D eigenvalue weighted by Gasteiger charge is 2.17. The van der Waals surface area contributed by atoms with E-state index in [1.165, 1.54) is 36.4 Å². The number of oxazole rings is 1. The van der Waals surface area contributed by atoms with Crippen molar-refractivity contribution in [1.29, 1.82) is 0 Å². The first kappa shape index (κ1) is 22.6. The van der Waals surface area contributed by atoms with Gasteiger partial charge in [-0.25, -0.2) is 13.4 Å². The highest BCUT2D eigenvalue weighted by atomic mass is 32.2. The molecule has 3 aromatic carbocycles. The SMILES string of the molecule is CN(C)c1ccc(-c2cnc(-c3ccc(S(=O)(=O)Nc4cccc(B(O)O)c4)cc3)o2)cc1. The monoisotopic (exact) mass is 463 g/mol. The Hall–Kier alpha value is -3.60. The third-order valence-electron chi connectivity index (χ3n) is 5.02. The molecule has 0 atom stereocenters. The number of benzene rings is 3. The third-order valence-corrected chi connectivity index (χ3v) is 6.42. The Morgan fingerprint density at radius 2 is 1.61 bits per heavy atom. The Morgan fingerprint density at radius 1 is 0.939 bits per heavy atom. The summed E-state index contributed by atoms with van der Waals surface area (Å²) < 4.78 is 33.7. The van der Waals surface area contributed by atoms with Gasteiger partial charge in [-0.3, -0.25) is 4.72 Å². The van der Waals surface area contributed by atoms with Gasteiger partial charge in [0.05, 0.1) is 11.1 Å². The van der Waals surface area contributed by atoms with Gasteiger partial charge >= 0.3 is 7.12 Å². The van der Waals surface area contributed by atoms with Crippen LogP contribution in [0.2, 0.25) is 0 Å². The van der Waals surface area contributed by atoms with E-state index >= 15 is 0 Å². The molecule has 10 heteroatoms. The van der Waals surface area contributed by atoms with Crippen LogP contribution in [-0.2, 0) is 10.0 Å². The molecule has 1 heterocycles. The van der Waals surface area contributed by atoms with Crippen LogP contribution in [0.1, 0.15) is 0 Å². The Bertz CT molecular complexity index is 1350. The van der Waals surface area contributed by atoms with Crippen LogP contribution in [0.25, 0.3) is 22.8 Å². The van der Waals surface area contributed by atoms with Gasteiger partial charge in [-0.15, -0.1) is 0 Å². The Balaban J connectivity index is 1.52. The molecule has 0 fully saturated rings. The van der Waals surface area contributed by atoms with E-state index in [0.717, 1.165) is 11.3 Å². The number of anilines is 2. The standard InChI is InChI=1S/C23H22BN3O5S/c1-27(2)20-10-6-16(7-11-20)22-15-25-23(32-22)17-8-12-21(13-9-17)33(30,31)26-19-5-3-4-18(14-19)24(28)29/h3-15,26,28-29H,1-2H3. The Kier molecular flexibility index (Phi) is 6.23. The van der Waals surface area contributed by atoms with E-state index in [-0.39, 0.29) is 16.0 Å². The number of nitrogens with one attached hydrogen (secondary N) is 1. The first-order chi connectivity index (χ1) is 15.7. The summed E-state index contributed by atoms with van der Waals surface area (Å²) in [5.74, 6) is 0.989. The molecule has 0 amide bonds. The van der Waals surface area contributed by atoms with Crippen LogP contribution >= 0.6 is 0 Å². The second-order valence-electron chi connectivity index (χ2n) is 7.60. The number of rotatable bonds is 7. The van der Waals surface area contributed by atoms with Crippen LogP contribution in [0.4, 0.5) is 11.4 Å². The molecule has 0 saturated heterocycles. The zero-order chi connectivity index (χ0) is 23.6. The lowest BCUT2D eigenvalue weighted by atomic mass is 9.80. The lowest BCUT2D eigenvalue weighted by Gasteiger charge is -2.11. The Morgan fingerprint density at radius 3 is 2.24 bits per heavy atom. The number of hydrogen-bond donors (Lipinski definition) is 3. The number of hydrogen-bond acceptors (Lipinski definition) is 7. The van der Waals surface area contributed by atoms with E-state index in [2.05, 4.69) is 9.71 Å². The highest BCUT2D eigenvalue weighted by molar-refractivity contribution is 7.92. The van der Waals surface area contributed by atoms with Gasteiger partial charge in [0.1, 0.15) is 0 Å². The summed E-state index contributed by atoms with van der Waals surface area (Å²) in [6.07, 6.45) is 1.63. The molecule has 0 radical (unpaired) electrons. The van der Waals surface area contributed by atoms with Crippen LogP contribution in [0.15, 0.2) is 88.3 Å². The van der Waals surface area contributed by atoms with Crippen LogP contribution in [-0.4, -0.2) is 44.7 Å². The smallest absolute Gasteiger partial charge is 0.436 e. The van der Waals surface area contributed by atoms with E-state index < -0.39 is 17.1 Å². The lowest BCUT2D eigenvalue weighted by molar-refractivity contribution is 0.426. The van der Waals surface area contributed by atoms with Crippen molar-refractivity contribution in [3.05, 3.63) is 79.0 Å². The number of nitrogens with zero attached hydrogens (tertiary/aromatic N) is 2. The predicted molar refractivity (Wildman–Crippen MR) is 129 cm³/mol. The molecule has 0 unspecified atom stereocenters. The molecule has 0 saturated carbocycles. The normalized spacial score (nSPS) is 11.3. The minimum atomic E-state index is -3.87. The topological polar surface area (TPSA) is 116 Å². The third kappa shape index (κ3) is 5.09. The van der Waals surface area contributed by atoms with Crippen LogP contribution in [0.3, 0.4) is 0 Å². The van der Waals surface area contributed by atoms with Crippen molar-refractivity contribution in [2.75, 3.05) is 23.7 Å². The zero-order valence-corrected chi connectivity index (χ0v) is 18.8. The number of aromatic nitrogens is 1. The van der Waals surface area contributed by atoms with Crippen molar-refractivity contribution in [1.82, 2.24) is 4.98 Å². The summed E-state index contributed by atoms with van der Waals surface area (Å²) in [4.78, 5) is 6.37. The van der Waals surface area contributed by atoms with E-state index in [1.54, 1.807) is 18.3 Å². The minimum absolute atomic E-state index is 0.0484. The second kappa shape index (κ2) is 9.10. The molecule has 0 spiro atoms. The fourth-order valence-corrected chi connectivity index (χ4v) is 4.27. The van der Waals surface area contributed by atoms with Crippen molar-refractivity contribution in [2.45, 2.75) is 4.90 Å². The van der Waals surface area contributed by atoms with Gasteiger partial charge in [0, 0.05) is 36.6 Å². The first-order valence-corrected chi connectivity index (χ1v) is 11.5. The summed E-state index contributed by atoms with van der Waals surface area (Å²) in [6.45, 7) is 0. The average Bonchev–Trinajstić information content (AvgIpc) is 3.29. The molecule has 168 valence electrons. The van der Waals surface area contributed by atoms with E-state index in [1.807, 2.05) is 43.3 Å². The van der Waals surface area contributed by atoms with Gasteiger partial charge in [-0.2, -0.15) is 0 Å². The molecule has 4 aromatic rings. The van der Waals surface area contributed by atoms with E-state index in [0.29, 0.717) is 17.2 Å². The largest absolute Gasteiger partial charge is 0.488 e. The molecular formula is C23H22BN3O5S. The molecule has 33 heavy (non-hydrogen) atoms. The zero-order valence-electron chi connectivity index (χ0n) is 18.0. The second-order valence-corrected chi connectivity index (χ2v) is 9.28. The van der Waals surface area contributed by atoms with Gasteiger partial charge in [-0.05, 0) is 66.1 Å². The van der Waals surface area contributed by atoms with Gasteiger partial charge in [0.2, 0.25) is 5.89 Å². The van der Waals surface area contributed by atoms with Gasteiger partial charge in [-0.1, -0.05) is 12.1 Å². The maximum absolute atomic E-state index is 12.7. The fourth-order valence-electron chi connectivity index (χ4n) is 3.22. The van der Waals surface area contributed by atoms with Crippen LogP contribution in [0, 0.1) is 0 Å². The molecule has 0 aliphatic heterocycles. The maximum Gasteiger partial charge on any atom is 0.488 e.